The first-order valence-corrected chi connectivity index (χ1v) is 7.96. The van der Waals surface area contributed by atoms with E-state index in [0.717, 1.165) is 27.6 Å². The minimum Gasteiger partial charge on any atom is -1.00 e. The number of nitrogens with zero attached hydrogens (tertiary/aromatic N) is 1. The van der Waals surface area contributed by atoms with Gasteiger partial charge in [-0.25, -0.2) is 4.98 Å². The lowest BCUT2D eigenvalue weighted by atomic mass is 10.1. The maximum Gasteiger partial charge on any atom is 0.161 e. The summed E-state index contributed by atoms with van der Waals surface area (Å²) in [5.74, 6) is 2.22. The maximum absolute atomic E-state index is 5.41. The van der Waals surface area contributed by atoms with Crippen molar-refractivity contribution in [1.29, 1.82) is 0 Å². The van der Waals surface area contributed by atoms with Crippen molar-refractivity contribution in [1.82, 2.24) is 4.98 Å². The van der Waals surface area contributed by atoms with Gasteiger partial charge in [0.15, 0.2) is 11.5 Å². The molecule has 0 radical (unpaired) electrons. The molecular formula is C18H17ClNO3S-. The van der Waals surface area contributed by atoms with Crippen LogP contribution in [0.3, 0.4) is 0 Å². The molecule has 3 rings (SSSR count). The molecule has 0 atom stereocenters. The summed E-state index contributed by atoms with van der Waals surface area (Å²) in [5.41, 5.74) is 2.88. The van der Waals surface area contributed by atoms with E-state index < -0.39 is 0 Å². The van der Waals surface area contributed by atoms with E-state index >= 15 is 0 Å². The number of thiazole rings is 1. The van der Waals surface area contributed by atoms with Crippen LogP contribution in [0.2, 0.25) is 0 Å². The number of benzene rings is 2. The highest BCUT2D eigenvalue weighted by Gasteiger charge is 2.12. The number of methoxy groups -OCH3 is 3. The van der Waals surface area contributed by atoms with Gasteiger partial charge in [0.25, 0.3) is 0 Å². The summed E-state index contributed by atoms with van der Waals surface area (Å²) >= 11 is 1.59. The van der Waals surface area contributed by atoms with E-state index in [1.165, 1.54) is 0 Å². The number of rotatable bonds is 5. The zero-order valence-electron chi connectivity index (χ0n) is 13.6. The Labute approximate surface area is 151 Å². The number of ether oxygens (including phenoxy) is 3. The molecule has 0 N–H and O–H groups in total. The summed E-state index contributed by atoms with van der Waals surface area (Å²) in [5, 5.41) is 2.95. The van der Waals surface area contributed by atoms with E-state index in [-0.39, 0.29) is 12.4 Å². The number of hydrogen-bond acceptors (Lipinski definition) is 5. The normalized spacial score (nSPS) is 9.96. The van der Waals surface area contributed by atoms with Crippen LogP contribution in [-0.2, 0) is 0 Å². The second-order valence-electron chi connectivity index (χ2n) is 4.81. The van der Waals surface area contributed by atoms with Gasteiger partial charge in [-0.2, -0.15) is 0 Å². The Morgan fingerprint density at radius 2 is 1.54 bits per heavy atom. The third-order valence-corrected chi connectivity index (χ3v) is 4.41. The predicted molar refractivity (Wildman–Crippen MR) is 92.6 cm³/mol. The first-order valence-electron chi connectivity index (χ1n) is 7.08. The highest BCUT2D eigenvalue weighted by atomic mass is 35.5. The first kappa shape index (κ1) is 18.1. The van der Waals surface area contributed by atoms with E-state index in [0.29, 0.717) is 11.5 Å². The standard InChI is InChI=1S/C18H17NO3S.ClH/c1-20-15-7-5-4-6-13(15)14-11-23-18(19-14)12-8-9-16(21-2)17(10-12)22-3;/h4-11H,1-3H3;1H/p-1. The van der Waals surface area contributed by atoms with Crippen molar-refractivity contribution in [3.63, 3.8) is 0 Å². The van der Waals surface area contributed by atoms with Gasteiger partial charge in [0.2, 0.25) is 0 Å². The molecule has 0 aliphatic rings. The quantitative estimate of drug-likeness (QED) is 0.690. The fraction of sp³-hybridized carbons (Fsp3) is 0.167. The zero-order valence-corrected chi connectivity index (χ0v) is 15.1. The average molecular weight is 363 g/mol. The molecule has 4 nitrogen and oxygen atoms in total. The molecule has 3 aromatic rings. The Kier molecular flexibility index (Phi) is 6.06. The van der Waals surface area contributed by atoms with Crippen LogP contribution in [0.5, 0.6) is 17.2 Å². The molecule has 0 saturated heterocycles. The molecule has 6 heteroatoms. The van der Waals surface area contributed by atoms with Gasteiger partial charge in [-0.15, -0.1) is 11.3 Å². The molecule has 0 aliphatic heterocycles. The lowest BCUT2D eigenvalue weighted by Gasteiger charge is -2.08. The van der Waals surface area contributed by atoms with Crippen LogP contribution in [0.15, 0.2) is 47.8 Å². The van der Waals surface area contributed by atoms with Crippen LogP contribution in [-0.4, -0.2) is 26.3 Å². The minimum absolute atomic E-state index is 0. The predicted octanol–water partition coefficient (Wildman–Crippen LogP) is 1.51. The number of halogens is 1. The van der Waals surface area contributed by atoms with Crippen LogP contribution in [0, 0.1) is 0 Å². The van der Waals surface area contributed by atoms with Crippen LogP contribution in [0.4, 0.5) is 0 Å². The van der Waals surface area contributed by atoms with Crippen LogP contribution < -0.4 is 26.6 Å². The lowest BCUT2D eigenvalue weighted by Crippen LogP contribution is -3.00. The van der Waals surface area contributed by atoms with Crippen molar-refractivity contribution in [2.24, 2.45) is 0 Å². The van der Waals surface area contributed by atoms with Crippen molar-refractivity contribution in [2.75, 3.05) is 21.3 Å². The molecule has 0 unspecified atom stereocenters. The van der Waals surface area contributed by atoms with Crippen LogP contribution in [0.25, 0.3) is 21.8 Å². The van der Waals surface area contributed by atoms with Gasteiger partial charge >= 0.3 is 0 Å². The molecule has 1 aromatic heterocycles. The first-order chi connectivity index (χ1) is 11.3. The molecule has 0 spiro atoms. The van der Waals surface area contributed by atoms with Crippen molar-refractivity contribution < 1.29 is 26.6 Å². The third kappa shape index (κ3) is 3.47. The Morgan fingerprint density at radius 1 is 0.833 bits per heavy atom. The fourth-order valence-electron chi connectivity index (χ4n) is 2.36. The number of hydrogen-bond donors (Lipinski definition) is 0. The highest BCUT2D eigenvalue weighted by molar-refractivity contribution is 7.13. The molecular weight excluding hydrogens is 346 g/mol. The summed E-state index contributed by atoms with van der Waals surface area (Å²) < 4.78 is 16.0. The van der Waals surface area contributed by atoms with Gasteiger partial charge in [0, 0.05) is 16.5 Å². The Morgan fingerprint density at radius 3 is 2.25 bits per heavy atom. The second kappa shape index (κ2) is 8.04. The SMILES string of the molecule is COc1ccc(-c2nc(-c3ccccc3OC)cs2)cc1OC.[Cl-]. The molecule has 0 amide bonds. The van der Waals surface area contributed by atoms with Crippen LogP contribution in [0.1, 0.15) is 0 Å². The van der Waals surface area contributed by atoms with E-state index in [4.69, 9.17) is 19.2 Å². The summed E-state index contributed by atoms with van der Waals surface area (Å²) in [4.78, 5) is 4.73. The van der Waals surface area contributed by atoms with Gasteiger partial charge in [0.05, 0.1) is 27.0 Å². The second-order valence-corrected chi connectivity index (χ2v) is 5.67. The van der Waals surface area contributed by atoms with Crippen molar-refractivity contribution in [3.05, 3.63) is 47.8 Å². The smallest absolute Gasteiger partial charge is 0.161 e. The molecule has 126 valence electrons. The zero-order chi connectivity index (χ0) is 16.2. The molecule has 2 aromatic carbocycles. The maximum atomic E-state index is 5.41. The van der Waals surface area contributed by atoms with Gasteiger partial charge in [-0.3, -0.25) is 0 Å². The highest BCUT2D eigenvalue weighted by Crippen LogP contribution is 2.36. The van der Waals surface area contributed by atoms with Crippen molar-refractivity contribution in [3.8, 4) is 39.1 Å². The largest absolute Gasteiger partial charge is 1.00 e. The third-order valence-electron chi connectivity index (χ3n) is 3.52. The molecule has 0 aliphatic carbocycles. The summed E-state index contributed by atoms with van der Waals surface area (Å²) in [6.07, 6.45) is 0. The molecule has 1 heterocycles. The topological polar surface area (TPSA) is 40.6 Å². The van der Waals surface area contributed by atoms with E-state index in [1.54, 1.807) is 32.7 Å². The fourth-order valence-corrected chi connectivity index (χ4v) is 3.17. The minimum atomic E-state index is 0. The van der Waals surface area contributed by atoms with Gasteiger partial charge in [-0.05, 0) is 30.3 Å². The van der Waals surface area contributed by atoms with Gasteiger partial charge in [-0.1, -0.05) is 12.1 Å². The van der Waals surface area contributed by atoms with Gasteiger partial charge in [0.1, 0.15) is 10.8 Å². The molecule has 24 heavy (non-hydrogen) atoms. The summed E-state index contributed by atoms with van der Waals surface area (Å²) in [6, 6.07) is 13.7. The average Bonchev–Trinajstić information content (AvgIpc) is 3.11. The summed E-state index contributed by atoms with van der Waals surface area (Å²) in [6.45, 7) is 0. The molecule has 0 fully saturated rings. The van der Waals surface area contributed by atoms with Crippen molar-refractivity contribution >= 4 is 11.3 Å². The van der Waals surface area contributed by atoms with E-state index in [9.17, 15) is 0 Å². The monoisotopic (exact) mass is 362 g/mol. The van der Waals surface area contributed by atoms with Crippen molar-refractivity contribution in [2.45, 2.75) is 0 Å². The molecule has 0 bridgehead atoms. The Hall–Kier alpha value is -2.24. The summed E-state index contributed by atoms with van der Waals surface area (Å²) in [7, 11) is 4.92. The molecule has 0 saturated carbocycles. The lowest BCUT2D eigenvalue weighted by molar-refractivity contribution is -0.00000538. The van der Waals surface area contributed by atoms with E-state index in [2.05, 4.69) is 0 Å². The van der Waals surface area contributed by atoms with Crippen LogP contribution >= 0.6 is 11.3 Å². The Balaban J connectivity index is 0.00000208. The Bertz CT molecular complexity index is 820. The number of aromatic nitrogens is 1. The number of para-hydroxylation sites is 1. The van der Waals surface area contributed by atoms with Gasteiger partial charge < -0.3 is 26.6 Å². The van der Waals surface area contributed by atoms with E-state index in [1.807, 2.05) is 47.8 Å².